The van der Waals surface area contributed by atoms with Gasteiger partial charge in [-0.3, -0.25) is 0 Å². The molecule has 0 aromatic carbocycles. The summed E-state index contributed by atoms with van der Waals surface area (Å²) < 4.78 is 0. The Morgan fingerprint density at radius 1 is 1.33 bits per heavy atom. The molecule has 0 atom stereocenters. The van der Waals surface area contributed by atoms with E-state index in [1.807, 2.05) is 6.08 Å². The summed E-state index contributed by atoms with van der Waals surface area (Å²) in [4.78, 5) is 0. The van der Waals surface area contributed by atoms with Crippen LogP contribution in [0, 0.1) is 0 Å². The molecule has 9 heavy (non-hydrogen) atoms. The first-order valence-corrected chi connectivity index (χ1v) is 5.92. The number of hydrogen-bond acceptors (Lipinski definition) is 0. The lowest BCUT2D eigenvalue weighted by Crippen LogP contribution is -1.91. The summed E-state index contributed by atoms with van der Waals surface area (Å²) in [7, 11) is -0.130. The zero-order valence-corrected chi connectivity index (χ0v) is 7.35. The third kappa shape index (κ3) is 7.70. The molecule has 0 unspecified atom stereocenters. The van der Waals surface area contributed by atoms with E-state index < -0.39 is 0 Å². The molecule has 0 aliphatic rings. The maximum Gasteiger partial charge on any atom is 0.0688 e. The van der Waals surface area contributed by atoms with Crippen LogP contribution in [0.15, 0.2) is 24.4 Å². The Bertz CT molecular complexity index is 92.7. The molecule has 1 heteroatoms. The van der Waals surface area contributed by atoms with Crippen LogP contribution >= 0.6 is 0 Å². The van der Waals surface area contributed by atoms with E-state index >= 15 is 0 Å². The van der Waals surface area contributed by atoms with E-state index in [2.05, 4.69) is 31.4 Å². The standard InChI is InChI=1S/C8H15Si/c1-4-5-6-7-8-9(2)3/h4,7-8H,1,5-6H2,2-3H3. The minimum absolute atomic E-state index is 0.130. The average Bonchev–Trinajstić information content (AvgIpc) is 1.80. The van der Waals surface area contributed by atoms with Gasteiger partial charge in [-0.1, -0.05) is 25.2 Å². The van der Waals surface area contributed by atoms with E-state index in [-0.39, 0.29) is 8.80 Å². The molecule has 0 saturated carbocycles. The molecule has 0 heterocycles. The lowest BCUT2D eigenvalue weighted by Gasteiger charge is -1.89. The van der Waals surface area contributed by atoms with Gasteiger partial charge in [-0.25, -0.2) is 0 Å². The maximum atomic E-state index is 3.65. The smallest absolute Gasteiger partial charge is 0.0688 e. The largest absolute Gasteiger partial charge is 0.103 e. The Kier molecular flexibility index (Phi) is 5.63. The van der Waals surface area contributed by atoms with Crippen molar-refractivity contribution in [2.75, 3.05) is 0 Å². The summed E-state index contributed by atoms with van der Waals surface area (Å²) in [5.41, 5.74) is 2.33. The van der Waals surface area contributed by atoms with Crippen molar-refractivity contribution in [2.24, 2.45) is 0 Å². The van der Waals surface area contributed by atoms with Crippen molar-refractivity contribution in [1.29, 1.82) is 0 Å². The Morgan fingerprint density at radius 3 is 2.44 bits per heavy atom. The fraction of sp³-hybridized carbons (Fsp3) is 0.500. The zero-order valence-electron chi connectivity index (χ0n) is 6.35. The second-order valence-corrected chi connectivity index (χ2v) is 4.83. The van der Waals surface area contributed by atoms with E-state index in [0.717, 1.165) is 6.42 Å². The highest BCUT2D eigenvalue weighted by atomic mass is 28.3. The molecule has 0 saturated heterocycles. The Morgan fingerprint density at radius 2 is 2.00 bits per heavy atom. The zero-order chi connectivity index (χ0) is 7.11. The van der Waals surface area contributed by atoms with Crippen molar-refractivity contribution in [1.82, 2.24) is 0 Å². The van der Waals surface area contributed by atoms with Gasteiger partial charge in [-0.05, 0) is 12.8 Å². The molecule has 0 spiro atoms. The molecule has 1 radical (unpaired) electrons. The van der Waals surface area contributed by atoms with Gasteiger partial charge in [0.25, 0.3) is 0 Å². The van der Waals surface area contributed by atoms with Crippen LogP contribution in [0.4, 0.5) is 0 Å². The molecular weight excluding hydrogens is 124 g/mol. The fourth-order valence-corrected chi connectivity index (χ4v) is 1.17. The first-order chi connectivity index (χ1) is 4.27. The van der Waals surface area contributed by atoms with Crippen molar-refractivity contribution in [2.45, 2.75) is 25.9 Å². The predicted molar refractivity (Wildman–Crippen MR) is 46.1 cm³/mol. The van der Waals surface area contributed by atoms with Crippen molar-refractivity contribution >= 4 is 8.80 Å². The average molecular weight is 139 g/mol. The SMILES string of the molecule is C=CCCC=C[Si](C)C. The van der Waals surface area contributed by atoms with E-state index in [0.29, 0.717) is 0 Å². The Balaban J connectivity index is 3.14. The molecule has 0 aromatic rings. The van der Waals surface area contributed by atoms with Crippen LogP contribution in [0.2, 0.25) is 13.1 Å². The fourth-order valence-electron chi connectivity index (χ4n) is 0.533. The van der Waals surface area contributed by atoms with Crippen LogP contribution in [0.1, 0.15) is 12.8 Å². The normalized spacial score (nSPS) is 11.0. The van der Waals surface area contributed by atoms with Crippen molar-refractivity contribution in [3.05, 3.63) is 24.4 Å². The molecule has 51 valence electrons. The van der Waals surface area contributed by atoms with Crippen LogP contribution in [0.3, 0.4) is 0 Å². The summed E-state index contributed by atoms with van der Waals surface area (Å²) >= 11 is 0. The molecule has 0 aromatic heterocycles. The van der Waals surface area contributed by atoms with Crippen LogP contribution in [0.25, 0.3) is 0 Å². The molecule has 0 amide bonds. The van der Waals surface area contributed by atoms with Gasteiger partial charge >= 0.3 is 0 Å². The van der Waals surface area contributed by atoms with Crippen LogP contribution in [-0.4, -0.2) is 8.80 Å². The van der Waals surface area contributed by atoms with Gasteiger partial charge in [0.15, 0.2) is 0 Å². The van der Waals surface area contributed by atoms with Gasteiger partial charge in [0.05, 0.1) is 8.80 Å². The second kappa shape index (κ2) is 5.83. The quantitative estimate of drug-likeness (QED) is 0.319. The highest BCUT2D eigenvalue weighted by Gasteiger charge is 1.83. The van der Waals surface area contributed by atoms with E-state index in [9.17, 15) is 0 Å². The molecule has 0 rings (SSSR count). The summed E-state index contributed by atoms with van der Waals surface area (Å²) in [6, 6.07) is 0. The van der Waals surface area contributed by atoms with Crippen LogP contribution < -0.4 is 0 Å². The highest BCUT2D eigenvalue weighted by molar-refractivity contribution is 6.61. The third-order valence-electron chi connectivity index (χ3n) is 0.989. The van der Waals surface area contributed by atoms with Crippen molar-refractivity contribution in [3.8, 4) is 0 Å². The lowest BCUT2D eigenvalue weighted by molar-refractivity contribution is 1.06. The summed E-state index contributed by atoms with van der Waals surface area (Å²) in [6.45, 7) is 8.23. The van der Waals surface area contributed by atoms with Crippen LogP contribution in [0.5, 0.6) is 0 Å². The van der Waals surface area contributed by atoms with Gasteiger partial charge in [0.2, 0.25) is 0 Å². The molecule has 0 fully saturated rings. The van der Waals surface area contributed by atoms with E-state index in [1.165, 1.54) is 6.42 Å². The molecule has 0 nitrogen and oxygen atoms in total. The maximum absolute atomic E-state index is 3.65. The van der Waals surface area contributed by atoms with E-state index in [4.69, 9.17) is 0 Å². The van der Waals surface area contributed by atoms with Gasteiger partial charge in [-0.2, -0.15) is 0 Å². The van der Waals surface area contributed by atoms with Crippen molar-refractivity contribution < 1.29 is 0 Å². The second-order valence-electron chi connectivity index (χ2n) is 2.35. The number of allylic oxidation sites excluding steroid dienone is 2. The minimum Gasteiger partial charge on any atom is -0.103 e. The first kappa shape index (κ1) is 8.70. The third-order valence-corrected chi connectivity index (χ3v) is 1.89. The predicted octanol–water partition coefficient (Wildman–Crippen LogP) is 2.80. The molecule has 0 aliphatic carbocycles. The highest BCUT2D eigenvalue weighted by Crippen LogP contribution is 1.92. The van der Waals surface area contributed by atoms with Gasteiger partial charge in [-0.15, -0.1) is 12.3 Å². The van der Waals surface area contributed by atoms with Gasteiger partial charge < -0.3 is 0 Å². The molecule has 0 aliphatic heterocycles. The van der Waals surface area contributed by atoms with Crippen LogP contribution in [-0.2, 0) is 0 Å². The lowest BCUT2D eigenvalue weighted by atomic mass is 10.3. The number of rotatable bonds is 4. The monoisotopic (exact) mass is 139 g/mol. The summed E-state index contributed by atoms with van der Waals surface area (Å²) in [6.07, 6.45) is 6.50. The summed E-state index contributed by atoms with van der Waals surface area (Å²) in [5.74, 6) is 0. The number of unbranched alkanes of at least 4 members (excludes halogenated alkanes) is 1. The number of hydrogen-bond donors (Lipinski definition) is 0. The molecular formula is C8H15Si. The first-order valence-electron chi connectivity index (χ1n) is 3.35. The van der Waals surface area contributed by atoms with Crippen molar-refractivity contribution in [3.63, 3.8) is 0 Å². The Labute approximate surface area is 59.9 Å². The Hall–Kier alpha value is -0.303. The molecule has 0 N–H and O–H groups in total. The molecule has 0 bridgehead atoms. The van der Waals surface area contributed by atoms with E-state index in [1.54, 1.807) is 0 Å². The van der Waals surface area contributed by atoms with Gasteiger partial charge in [0.1, 0.15) is 0 Å². The topological polar surface area (TPSA) is 0 Å². The summed E-state index contributed by atoms with van der Waals surface area (Å²) in [5, 5.41) is 0. The van der Waals surface area contributed by atoms with Gasteiger partial charge in [0, 0.05) is 0 Å². The minimum atomic E-state index is -0.130.